The summed E-state index contributed by atoms with van der Waals surface area (Å²) in [6.07, 6.45) is 2.06. The summed E-state index contributed by atoms with van der Waals surface area (Å²) >= 11 is 0. The van der Waals surface area contributed by atoms with Crippen molar-refractivity contribution in [1.82, 2.24) is 5.32 Å². The van der Waals surface area contributed by atoms with Gasteiger partial charge in [0.2, 0.25) is 0 Å². The molecule has 0 bridgehead atoms. The Bertz CT molecular complexity index is 341. The minimum atomic E-state index is 0.335. The molecule has 0 aliphatic heterocycles. The van der Waals surface area contributed by atoms with E-state index in [0.717, 1.165) is 38.3 Å². The number of nitrogens with one attached hydrogen (secondary N) is 1. The van der Waals surface area contributed by atoms with Gasteiger partial charge in [0, 0.05) is 19.3 Å². The highest BCUT2D eigenvalue weighted by molar-refractivity contribution is 5.30. The van der Waals surface area contributed by atoms with E-state index < -0.39 is 0 Å². The van der Waals surface area contributed by atoms with Gasteiger partial charge in [0.15, 0.2) is 0 Å². The van der Waals surface area contributed by atoms with Crippen LogP contribution in [0.3, 0.4) is 0 Å². The number of benzene rings is 1. The van der Waals surface area contributed by atoms with Crippen LogP contribution in [-0.4, -0.2) is 26.4 Å². The summed E-state index contributed by atoms with van der Waals surface area (Å²) in [5.41, 5.74) is 1.27. The second-order valence-corrected chi connectivity index (χ2v) is 4.52. The van der Waals surface area contributed by atoms with Crippen LogP contribution in [0.4, 0.5) is 0 Å². The minimum Gasteiger partial charge on any atom is -0.494 e. The van der Waals surface area contributed by atoms with Crippen molar-refractivity contribution in [3.05, 3.63) is 29.8 Å². The smallest absolute Gasteiger partial charge is 0.119 e. The van der Waals surface area contributed by atoms with Gasteiger partial charge in [-0.3, -0.25) is 0 Å². The quantitative estimate of drug-likeness (QED) is 0.656. The highest BCUT2D eigenvalue weighted by Crippen LogP contribution is 2.22. The monoisotopic (exact) mass is 265 g/mol. The zero-order chi connectivity index (χ0) is 13.9. The lowest BCUT2D eigenvalue weighted by atomic mass is 10.0. The van der Waals surface area contributed by atoms with Gasteiger partial charge in [-0.1, -0.05) is 26.0 Å². The standard InChI is InChI=1S/C16H27NO2/c1-4-11-18-12-10-16(17-5-2)14-8-7-9-15(13-14)19-6-3/h7-9,13,16-17H,4-6,10-12H2,1-3H3. The third-order valence-corrected chi connectivity index (χ3v) is 2.92. The number of hydrogen-bond donors (Lipinski definition) is 1. The third kappa shape index (κ3) is 6.08. The second kappa shape index (κ2) is 9.82. The van der Waals surface area contributed by atoms with E-state index in [-0.39, 0.29) is 0 Å². The zero-order valence-corrected chi connectivity index (χ0v) is 12.4. The molecule has 0 heterocycles. The molecule has 1 rings (SSSR count). The lowest BCUT2D eigenvalue weighted by Crippen LogP contribution is -2.22. The molecule has 1 aromatic rings. The first kappa shape index (κ1) is 16.0. The van der Waals surface area contributed by atoms with Crippen LogP contribution in [0.25, 0.3) is 0 Å². The van der Waals surface area contributed by atoms with E-state index in [0.29, 0.717) is 12.6 Å². The predicted octanol–water partition coefficient (Wildman–Crippen LogP) is 3.55. The maximum absolute atomic E-state index is 5.59. The molecule has 0 aliphatic carbocycles. The molecular formula is C16H27NO2. The number of hydrogen-bond acceptors (Lipinski definition) is 3. The van der Waals surface area contributed by atoms with Crippen molar-refractivity contribution in [3.8, 4) is 5.75 Å². The lowest BCUT2D eigenvalue weighted by Gasteiger charge is -2.19. The maximum atomic E-state index is 5.59. The van der Waals surface area contributed by atoms with Crippen LogP contribution in [0.5, 0.6) is 5.75 Å². The Morgan fingerprint density at radius 3 is 2.68 bits per heavy atom. The summed E-state index contributed by atoms with van der Waals surface area (Å²) in [6, 6.07) is 8.66. The van der Waals surface area contributed by atoms with E-state index in [1.807, 2.05) is 13.0 Å². The molecule has 1 aromatic carbocycles. The van der Waals surface area contributed by atoms with E-state index in [4.69, 9.17) is 9.47 Å². The minimum absolute atomic E-state index is 0.335. The molecule has 1 atom stereocenters. The number of ether oxygens (including phenoxy) is 2. The van der Waals surface area contributed by atoms with Crippen LogP contribution in [0.1, 0.15) is 45.2 Å². The van der Waals surface area contributed by atoms with Crippen LogP contribution in [-0.2, 0) is 4.74 Å². The summed E-state index contributed by atoms with van der Waals surface area (Å²) in [5, 5.41) is 3.51. The van der Waals surface area contributed by atoms with Gasteiger partial charge in [0.25, 0.3) is 0 Å². The third-order valence-electron chi connectivity index (χ3n) is 2.92. The normalized spacial score (nSPS) is 12.4. The van der Waals surface area contributed by atoms with Crippen molar-refractivity contribution in [3.63, 3.8) is 0 Å². The second-order valence-electron chi connectivity index (χ2n) is 4.52. The summed E-state index contributed by atoms with van der Waals surface area (Å²) in [4.78, 5) is 0. The van der Waals surface area contributed by atoms with Gasteiger partial charge in [-0.25, -0.2) is 0 Å². The van der Waals surface area contributed by atoms with Crippen molar-refractivity contribution in [1.29, 1.82) is 0 Å². The molecule has 3 nitrogen and oxygen atoms in total. The Hall–Kier alpha value is -1.06. The summed E-state index contributed by atoms with van der Waals surface area (Å²) in [7, 11) is 0. The van der Waals surface area contributed by atoms with E-state index >= 15 is 0 Å². The van der Waals surface area contributed by atoms with Crippen molar-refractivity contribution in [2.45, 2.75) is 39.7 Å². The Balaban J connectivity index is 2.60. The van der Waals surface area contributed by atoms with Crippen LogP contribution in [0, 0.1) is 0 Å². The fraction of sp³-hybridized carbons (Fsp3) is 0.625. The number of rotatable bonds is 10. The lowest BCUT2D eigenvalue weighted by molar-refractivity contribution is 0.124. The molecule has 3 heteroatoms. The van der Waals surface area contributed by atoms with Crippen molar-refractivity contribution in [2.24, 2.45) is 0 Å². The van der Waals surface area contributed by atoms with E-state index in [1.54, 1.807) is 0 Å². The molecular weight excluding hydrogens is 238 g/mol. The summed E-state index contributed by atoms with van der Waals surface area (Å²) in [6.45, 7) is 9.57. The zero-order valence-electron chi connectivity index (χ0n) is 12.4. The van der Waals surface area contributed by atoms with Crippen molar-refractivity contribution >= 4 is 0 Å². The van der Waals surface area contributed by atoms with Gasteiger partial charge < -0.3 is 14.8 Å². The average Bonchev–Trinajstić information content (AvgIpc) is 2.43. The van der Waals surface area contributed by atoms with Gasteiger partial charge in [-0.05, 0) is 44.0 Å². The predicted molar refractivity (Wildman–Crippen MR) is 79.8 cm³/mol. The van der Waals surface area contributed by atoms with Crippen LogP contribution in [0.15, 0.2) is 24.3 Å². The van der Waals surface area contributed by atoms with Gasteiger partial charge in [-0.15, -0.1) is 0 Å². The Kier molecular flexibility index (Phi) is 8.26. The molecule has 0 fully saturated rings. The molecule has 19 heavy (non-hydrogen) atoms. The summed E-state index contributed by atoms with van der Waals surface area (Å²) < 4.78 is 11.1. The Labute approximate surface area is 117 Å². The molecule has 0 saturated heterocycles. The fourth-order valence-corrected chi connectivity index (χ4v) is 2.07. The van der Waals surface area contributed by atoms with Crippen molar-refractivity contribution in [2.75, 3.05) is 26.4 Å². The molecule has 108 valence electrons. The topological polar surface area (TPSA) is 30.5 Å². The fourth-order valence-electron chi connectivity index (χ4n) is 2.07. The van der Waals surface area contributed by atoms with Gasteiger partial charge >= 0.3 is 0 Å². The first-order valence-corrected chi connectivity index (χ1v) is 7.35. The van der Waals surface area contributed by atoms with Crippen LogP contribution in [0.2, 0.25) is 0 Å². The SMILES string of the molecule is CCCOCCC(NCC)c1cccc(OCC)c1. The Morgan fingerprint density at radius 1 is 1.16 bits per heavy atom. The molecule has 0 saturated carbocycles. The van der Waals surface area contributed by atoms with Gasteiger partial charge in [-0.2, -0.15) is 0 Å². The molecule has 0 aromatic heterocycles. The highest BCUT2D eigenvalue weighted by atomic mass is 16.5. The summed E-state index contributed by atoms with van der Waals surface area (Å²) in [5.74, 6) is 0.942. The molecule has 0 aliphatic rings. The average molecular weight is 265 g/mol. The Morgan fingerprint density at radius 2 is 2.00 bits per heavy atom. The van der Waals surface area contributed by atoms with E-state index in [2.05, 4.69) is 37.4 Å². The molecule has 0 radical (unpaired) electrons. The van der Waals surface area contributed by atoms with Crippen molar-refractivity contribution < 1.29 is 9.47 Å². The molecule has 0 amide bonds. The van der Waals surface area contributed by atoms with Gasteiger partial charge in [0.05, 0.1) is 6.61 Å². The molecule has 0 spiro atoms. The first-order valence-electron chi connectivity index (χ1n) is 7.35. The molecule has 1 N–H and O–H groups in total. The highest BCUT2D eigenvalue weighted by Gasteiger charge is 2.10. The maximum Gasteiger partial charge on any atom is 0.119 e. The van der Waals surface area contributed by atoms with E-state index in [1.165, 1.54) is 5.56 Å². The van der Waals surface area contributed by atoms with Crippen LogP contribution >= 0.6 is 0 Å². The van der Waals surface area contributed by atoms with Crippen LogP contribution < -0.4 is 10.1 Å². The van der Waals surface area contributed by atoms with E-state index in [9.17, 15) is 0 Å². The first-order chi connectivity index (χ1) is 9.31. The largest absolute Gasteiger partial charge is 0.494 e. The molecule has 1 unspecified atom stereocenters. The van der Waals surface area contributed by atoms with Gasteiger partial charge in [0.1, 0.15) is 5.75 Å².